The van der Waals surface area contributed by atoms with E-state index in [0.29, 0.717) is 35.4 Å². The number of allylic oxidation sites excluding steroid dienone is 5. The Morgan fingerprint density at radius 1 is 1.40 bits per heavy atom. The van der Waals surface area contributed by atoms with Gasteiger partial charge in [-0.05, 0) is 39.3 Å². The zero-order valence-electron chi connectivity index (χ0n) is 17.7. The van der Waals surface area contributed by atoms with Crippen molar-refractivity contribution in [3.8, 4) is 12.1 Å². The molecule has 0 bridgehead atoms. The van der Waals surface area contributed by atoms with Crippen molar-refractivity contribution in [1.29, 1.82) is 10.5 Å². The molecule has 1 N–H and O–H groups in total. The molecule has 0 saturated carbocycles. The van der Waals surface area contributed by atoms with Crippen LogP contribution in [0.2, 0.25) is 0 Å². The van der Waals surface area contributed by atoms with Crippen molar-refractivity contribution >= 4 is 6.47 Å². The summed E-state index contributed by atoms with van der Waals surface area (Å²) in [5, 5.41) is 28.8. The average Bonchev–Trinajstić information content (AvgIpc) is 2.96. The SMILES string of the molecule is CCC/C(C#N)=C1\OC(C)(C)C(/C=C/C(C)=C/C2C=CC(O)=CC2OC=O)=C1C#N. The van der Waals surface area contributed by atoms with Crippen molar-refractivity contribution in [1.82, 2.24) is 0 Å². The van der Waals surface area contributed by atoms with Crippen molar-refractivity contribution in [2.45, 2.75) is 52.2 Å². The first kappa shape index (κ1) is 22.8. The Labute approximate surface area is 177 Å². The van der Waals surface area contributed by atoms with Crippen LogP contribution in [0.3, 0.4) is 0 Å². The van der Waals surface area contributed by atoms with E-state index in [-0.39, 0.29) is 11.7 Å². The lowest BCUT2D eigenvalue weighted by Gasteiger charge is -2.22. The van der Waals surface area contributed by atoms with Crippen LogP contribution in [0.1, 0.15) is 40.5 Å². The lowest BCUT2D eigenvalue weighted by Crippen LogP contribution is -2.21. The third-order valence-electron chi connectivity index (χ3n) is 4.91. The van der Waals surface area contributed by atoms with E-state index in [2.05, 4.69) is 12.1 Å². The Balaban J connectivity index is 2.37. The number of carbonyl (C=O) groups excluding carboxylic acids is 1. The lowest BCUT2D eigenvalue weighted by atomic mass is 9.92. The molecule has 6 nitrogen and oxygen atoms in total. The summed E-state index contributed by atoms with van der Waals surface area (Å²) in [7, 11) is 0. The van der Waals surface area contributed by atoms with E-state index in [0.717, 1.165) is 12.0 Å². The summed E-state index contributed by atoms with van der Waals surface area (Å²) in [6.07, 6.45) is 11.1. The van der Waals surface area contributed by atoms with Crippen LogP contribution in [0.15, 0.2) is 70.3 Å². The molecule has 1 heterocycles. The highest BCUT2D eigenvalue weighted by molar-refractivity contribution is 5.58. The Hall–Kier alpha value is -3.51. The van der Waals surface area contributed by atoms with Crippen molar-refractivity contribution in [2.24, 2.45) is 5.92 Å². The number of nitrogens with zero attached hydrogens (tertiary/aromatic N) is 2. The van der Waals surface area contributed by atoms with Gasteiger partial charge in [-0.15, -0.1) is 0 Å². The number of aliphatic hydroxyl groups excluding tert-OH is 1. The van der Waals surface area contributed by atoms with Gasteiger partial charge >= 0.3 is 0 Å². The van der Waals surface area contributed by atoms with Gasteiger partial charge in [0, 0.05) is 11.5 Å². The molecule has 0 aromatic rings. The van der Waals surface area contributed by atoms with E-state index in [1.54, 1.807) is 12.2 Å². The van der Waals surface area contributed by atoms with Crippen LogP contribution in [0.4, 0.5) is 0 Å². The topological polar surface area (TPSA) is 103 Å². The van der Waals surface area contributed by atoms with Crippen LogP contribution in [-0.2, 0) is 14.3 Å². The van der Waals surface area contributed by atoms with Crippen LogP contribution in [-0.4, -0.2) is 23.3 Å². The molecule has 2 rings (SSSR count). The molecule has 156 valence electrons. The first-order chi connectivity index (χ1) is 14.3. The molecule has 2 atom stereocenters. The third kappa shape index (κ3) is 5.10. The van der Waals surface area contributed by atoms with Crippen LogP contribution in [0, 0.1) is 28.6 Å². The highest BCUT2D eigenvalue weighted by atomic mass is 16.5. The fourth-order valence-electron chi connectivity index (χ4n) is 3.43. The molecule has 1 aliphatic carbocycles. The van der Waals surface area contributed by atoms with Crippen LogP contribution in [0.25, 0.3) is 0 Å². The number of hydrogen-bond acceptors (Lipinski definition) is 6. The van der Waals surface area contributed by atoms with Gasteiger partial charge in [-0.2, -0.15) is 10.5 Å². The number of nitriles is 2. The van der Waals surface area contributed by atoms with E-state index in [1.165, 1.54) is 6.08 Å². The zero-order chi connectivity index (χ0) is 22.3. The molecule has 0 aromatic carbocycles. The minimum Gasteiger partial charge on any atom is -0.508 e. The second kappa shape index (κ2) is 9.80. The Morgan fingerprint density at radius 3 is 2.73 bits per heavy atom. The third-order valence-corrected chi connectivity index (χ3v) is 4.91. The summed E-state index contributed by atoms with van der Waals surface area (Å²) >= 11 is 0. The monoisotopic (exact) mass is 406 g/mol. The molecular formula is C24H26N2O4. The second-order valence-electron chi connectivity index (χ2n) is 7.65. The zero-order valence-corrected chi connectivity index (χ0v) is 17.7. The Bertz CT molecular complexity index is 962. The summed E-state index contributed by atoms with van der Waals surface area (Å²) in [5.74, 6) is 0.190. The predicted octanol–water partition coefficient (Wildman–Crippen LogP) is 4.87. The normalized spacial score (nSPS) is 24.7. The minimum atomic E-state index is -0.741. The molecular weight excluding hydrogens is 380 g/mol. The maximum Gasteiger partial charge on any atom is 0.293 e. The number of ether oxygens (including phenoxy) is 2. The highest BCUT2D eigenvalue weighted by Gasteiger charge is 2.38. The van der Waals surface area contributed by atoms with Crippen molar-refractivity contribution in [2.75, 3.05) is 0 Å². The fourth-order valence-corrected chi connectivity index (χ4v) is 3.43. The van der Waals surface area contributed by atoms with Crippen molar-refractivity contribution < 1.29 is 19.4 Å². The van der Waals surface area contributed by atoms with Gasteiger partial charge in [0.15, 0.2) is 5.76 Å². The van der Waals surface area contributed by atoms with Crippen LogP contribution < -0.4 is 0 Å². The maximum absolute atomic E-state index is 10.7. The number of hydrogen-bond donors (Lipinski definition) is 1. The minimum absolute atomic E-state index is 0.0491. The largest absolute Gasteiger partial charge is 0.508 e. The van der Waals surface area contributed by atoms with E-state index in [4.69, 9.17) is 9.47 Å². The van der Waals surface area contributed by atoms with Gasteiger partial charge in [-0.3, -0.25) is 4.79 Å². The molecule has 0 radical (unpaired) electrons. The van der Waals surface area contributed by atoms with Crippen LogP contribution >= 0.6 is 0 Å². The Morgan fingerprint density at radius 2 is 2.13 bits per heavy atom. The summed E-state index contributed by atoms with van der Waals surface area (Å²) < 4.78 is 11.0. The van der Waals surface area contributed by atoms with Gasteiger partial charge in [-0.1, -0.05) is 43.2 Å². The fraction of sp³-hybridized carbons (Fsp3) is 0.375. The molecule has 0 saturated heterocycles. The van der Waals surface area contributed by atoms with E-state index in [9.17, 15) is 20.4 Å². The molecule has 0 amide bonds. The second-order valence-corrected chi connectivity index (χ2v) is 7.65. The molecule has 6 heteroatoms. The summed E-state index contributed by atoms with van der Waals surface area (Å²) in [5.41, 5.74) is 1.70. The molecule has 2 aliphatic rings. The van der Waals surface area contributed by atoms with Crippen molar-refractivity contribution in [3.63, 3.8) is 0 Å². The van der Waals surface area contributed by atoms with E-state index in [1.807, 2.05) is 45.9 Å². The van der Waals surface area contributed by atoms with Gasteiger partial charge in [0.2, 0.25) is 0 Å². The number of aliphatic hydroxyl groups is 1. The molecule has 30 heavy (non-hydrogen) atoms. The number of carbonyl (C=O) groups is 1. The molecule has 0 fully saturated rings. The van der Waals surface area contributed by atoms with E-state index < -0.39 is 11.7 Å². The number of rotatable bonds is 7. The van der Waals surface area contributed by atoms with E-state index >= 15 is 0 Å². The quantitative estimate of drug-likeness (QED) is 0.368. The first-order valence-corrected chi connectivity index (χ1v) is 9.79. The summed E-state index contributed by atoms with van der Waals surface area (Å²) in [4.78, 5) is 10.7. The smallest absolute Gasteiger partial charge is 0.293 e. The summed E-state index contributed by atoms with van der Waals surface area (Å²) in [6.45, 7) is 7.95. The van der Waals surface area contributed by atoms with Gasteiger partial charge in [-0.25, -0.2) is 0 Å². The molecule has 1 aliphatic heterocycles. The summed E-state index contributed by atoms with van der Waals surface area (Å²) in [6, 6.07) is 4.36. The van der Waals surface area contributed by atoms with Gasteiger partial charge < -0.3 is 14.6 Å². The average molecular weight is 406 g/mol. The standard InChI is InChI=1S/C24H26N2O4/c1-5-6-18(13-25)23-20(14-26)21(24(3,4)30-23)10-7-16(2)11-17-8-9-19(28)12-22(17)29-15-27/h7-12,15,17,22,28H,5-6H2,1-4H3/b10-7+,16-11+,23-18+. The van der Waals surface area contributed by atoms with Crippen molar-refractivity contribution in [3.05, 3.63) is 70.3 Å². The van der Waals surface area contributed by atoms with Gasteiger partial charge in [0.1, 0.15) is 29.1 Å². The molecule has 0 aromatic heterocycles. The van der Waals surface area contributed by atoms with Crippen LogP contribution in [0.5, 0.6) is 0 Å². The maximum atomic E-state index is 10.7. The lowest BCUT2D eigenvalue weighted by molar-refractivity contribution is -0.132. The molecule has 2 unspecified atom stereocenters. The first-order valence-electron chi connectivity index (χ1n) is 9.79. The van der Waals surface area contributed by atoms with Gasteiger partial charge in [0.25, 0.3) is 6.47 Å². The highest BCUT2D eigenvalue weighted by Crippen LogP contribution is 2.41. The van der Waals surface area contributed by atoms with Gasteiger partial charge in [0.05, 0.1) is 11.6 Å². The Kier molecular flexibility index (Phi) is 7.44. The predicted molar refractivity (Wildman–Crippen MR) is 113 cm³/mol. The molecule has 0 spiro atoms.